The first kappa shape index (κ1) is 15.1. The highest BCUT2D eigenvalue weighted by atomic mass is 32.2. The average Bonchev–Trinajstić information content (AvgIpc) is 2.84. The van der Waals surface area contributed by atoms with E-state index in [0.29, 0.717) is 6.04 Å². The number of hydrogen-bond acceptors (Lipinski definition) is 4. The van der Waals surface area contributed by atoms with Crippen molar-refractivity contribution in [2.75, 3.05) is 38.6 Å². The van der Waals surface area contributed by atoms with Gasteiger partial charge in [-0.2, -0.15) is 0 Å². The van der Waals surface area contributed by atoms with E-state index < -0.39 is 0 Å². The summed E-state index contributed by atoms with van der Waals surface area (Å²) in [6.07, 6.45) is 2.35. The van der Waals surface area contributed by atoms with Crippen LogP contribution in [-0.4, -0.2) is 60.2 Å². The van der Waals surface area contributed by atoms with Crippen LogP contribution in [-0.2, 0) is 4.74 Å². The van der Waals surface area contributed by atoms with Crippen LogP contribution in [0.3, 0.4) is 0 Å². The van der Waals surface area contributed by atoms with Gasteiger partial charge in [-0.15, -0.1) is 0 Å². The van der Waals surface area contributed by atoms with Crippen LogP contribution in [0.25, 0.3) is 0 Å². The van der Waals surface area contributed by atoms with Crippen molar-refractivity contribution in [1.29, 1.82) is 0 Å². The maximum atomic E-state index is 5.38. The van der Waals surface area contributed by atoms with Gasteiger partial charge in [-0.3, -0.25) is 9.89 Å². The first-order valence-corrected chi connectivity index (χ1v) is 8.45. The molecule has 0 amide bonds. The van der Waals surface area contributed by atoms with Crippen LogP contribution >= 0.6 is 11.8 Å². The molecule has 19 heavy (non-hydrogen) atoms. The van der Waals surface area contributed by atoms with Gasteiger partial charge in [0.25, 0.3) is 0 Å². The van der Waals surface area contributed by atoms with Crippen molar-refractivity contribution in [2.24, 2.45) is 4.99 Å². The Morgan fingerprint density at radius 2 is 2.05 bits per heavy atom. The van der Waals surface area contributed by atoms with E-state index in [1.165, 1.54) is 12.8 Å². The van der Waals surface area contributed by atoms with E-state index in [1.54, 1.807) is 0 Å². The third kappa shape index (κ3) is 4.10. The molecule has 0 aromatic heterocycles. The summed E-state index contributed by atoms with van der Waals surface area (Å²) in [5.41, 5.74) is 0.280. The lowest BCUT2D eigenvalue weighted by atomic mass is 9.96. The predicted octanol–water partition coefficient (Wildman–Crippen LogP) is 1.96. The number of amidine groups is 1. The highest BCUT2D eigenvalue weighted by molar-refractivity contribution is 8.14. The molecule has 0 radical (unpaired) electrons. The van der Waals surface area contributed by atoms with Gasteiger partial charge >= 0.3 is 0 Å². The number of nitrogens with one attached hydrogen (secondary N) is 1. The number of hydrogen-bond donors (Lipinski definition) is 1. The molecule has 0 aromatic rings. The van der Waals surface area contributed by atoms with Gasteiger partial charge in [0.05, 0.1) is 19.3 Å². The SMILES string of the molecule is CCC1(CC)CSC(=NC(C)CN2CCOCC2)N1. The molecular weight excluding hydrogens is 258 g/mol. The van der Waals surface area contributed by atoms with Crippen molar-refractivity contribution in [3.05, 3.63) is 0 Å². The molecule has 2 aliphatic heterocycles. The molecule has 2 aliphatic rings. The van der Waals surface area contributed by atoms with Crippen molar-refractivity contribution in [2.45, 2.75) is 45.2 Å². The van der Waals surface area contributed by atoms with E-state index in [9.17, 15) is 0 Å². The zero-order valence-corrected chi connectivity index (χ0v) is 13.3. The molecule has 2 rings (SSSR count). The van der Waals surface area contributed by atoms with Gasteiger partial charge in [0.2, 0.25) is 0 Å². The summed E-state index contributed by atoms with van der Waals surface area (Å²) in [4.78, 5) is 7.30. The van der Waals surface area contributed by atoms with Crippen molar-refractivity contribution in [3.8, 4) is 0 Å². The first-order chi connectivity index (χ1) is 9.17. The topological polar surface area (TPSA) is 36.9 Å². The molecular formula is C14H27N3OS. The molecule has 1 unspecified atom stereocenters. The number of rotatable bonds is 5. The summed E-state index contributed by atoms with van der Waals surface area (Å²) in [7, 11) is 0. The van der Waals surface area contributed by atoms with Crippen LogP contribution in [0.2, 0.25) is 0 Å². The third-order valence-electron chi connectivity index (χ3n) is 4.17. The molecule has 0 aromatic carbocycles. The minimum absolute atomic E-state index is 0.280. The molecule has 2 saturated heterocycles. The molecule has 1 atom stereocenters. The minimum Gasteiger partial charge on any atom is -0.379 e. The molecule has 110 valence electrons. The Kier molecular flexibility index (Phi) is 5.54. The lowest BCUT2D eigenvalue weighted by molar-refractivity contribution is 0.0361. The summed E-state index contributed by atoms with van der Waals surface area (Å²) < 4.78 is 5.38. The molecule has 5 heteroatoms. The third-order valence-corrected chi connectivity index (χ3v) is 5.35. The van der Waals surface area contributed by atoms with Crippen LogP contribution in [0, 0.1) is 0 Å². The van der Waals surface area contributed by atoms with Gasteiger partial charge < -0.3 is 10.1 Å². The maximum absolute atomic E-state index is 5.38. The normalized spacial score (nSPS) is 27.4. The molecule has 0 spiro atoms. The summed E-state index contributed by atoms with van der Waals surface area (Å²) >= 11 is 1.88. The highest BCUT2D eigenvalue weighted by Crippen LogP contribution is 2.29. The Morgan fingerprint density at radius 3 is 2.63 bits per heavy atom. The molecule has 4 nitrogen and oxygen atoms in total. The lowest BCUT2D eigenvalue weighted by Gasteiger charge is -2.28. The van der Waals surface area contributed by atoms with Crippen LogP contribution in [0.1, 0.15) is 33.6 Å². The minimum atomic E-state index is 0.280. The standard InChI is InChI=1S/C14H27N3OS/c1-4-14(5-2)11-19-13(16-14)15-12(3)10-17-6-8-18-9-7-17/h12H,4-11H2,1-3H3,(H,15,16). The smallest absolute Gasteiger partial charge is 0.157 e. The molecule has 0 aliphatic carbocycles. The zero-order valence-electron chi connectivity index (χ0n) is 12.4. The van der Waals surface area contributed by atoms with Crippen LogP contribution < -0.4 is 5.32 Å². The van der Waals surface area contributed by atoms with Gasteiger partial charge in [-0.05, 0) is 19.8 Å². The highest BCUT2D eigenvalue weighted by Gasteiger charge is 2.33. The number of thioether (sulfide) groups is 1. The number of aliphatic imine (C=N–C) groups is 1. The fourth-order valence-electron chi connectivity index (χ4n) is 2.60. The van der Waals surface area contributed by atoms with Crippen molar-refractivity contribution in [1.82, 2.24) is 10.2 Å². The summed E-state index contributed by atoms with van der Waals surface area (Å²) in [6.45, 7) is 11.6. The molecule has 1 N–H and O–H groups in total. The second-order valence-electron chi connectivity index (χ2n) is 5.60. The molecule has 0 saturated carbocycles. The van der Waals surface area contributed by atoms with Gasteiger partial charge in [0.15, 0.2) is 5.17 Å². The quantitative estimate of drug-likeness (QED) is 0.838. The van der Waals surface area contributed by atoms with Gasteiger partial charge in [-0.25, -0.2) is 0 Å². The Labute approximate surface area is 121 Å². The zero-order chi connectivity index (χ0) is 13.7. The second kappa shape index (κ2) is 6.95. The summed E-state index contributed by atoms with van der Waals surface area (Å²) in [5.74, 6) is 1.16. The lowest BCUT2D eigenvalue weighted by Crippen LogP contribution is -2.43. The van der Waals surface area contributed by atoms with E-state index in [2.05, 4.69) is 31.0 Å². The van der Waals surface area contributed by atoms with Crippen molar-refractivity contribution in [3.63, 3.8) is 0 Å². The van der Waals surface area contributed by atoms with Crippen LogP contribution in [0.15, 0.2) is 4.99 Å². The van der Waals surface area contributed by atoms with E-state index in [0.717, 1.165) is 43.8 Å². The number of ether oxygens (including phenoxy) is 1. The molecule has 2 fully saturated rings. The molecule has 0 bridgehead atoms. The van der Waals surface area contributed by atoms with Crippen molar-refractivity contribution >= 4 is 16.9 Å². The second-order valence-corrected chi connectivity index (χ2v) is 6.56. The van der Waals surface area contributed by atoms with E-state index in [-0.39, 0.29) is 5.54 Å². The van der Waals surface area contributed by atoms with E-state index in [4.69, 9.17) is 9.73 Å². The van der Waals surface area contributed by atoms with Crippen LogP contribution in [0.5, 0.6) is 0 Å². The van der Waals surface area contributed by atoms with Crippen molar-refractivity contribution < 1.29 is 4.74 Å². The Hall–Kier alpha value is -0.260. The maximum Gasteiger partial charge on any atom is 0.157 e. The van der Waals surface area contributed by atoms with Gasteiger partial charge in [0.1, 0.15) is 0 Å². The summed E-state index contributed by atoms with van der Waals surface area (Å²) in [6, 6.07) is 0.359. The van der Waals surface area contributed by atoms with Gasteiger partial charge in [-0.1, -0.05) is 25.6 Å². The fraction of sp³-hybridized carbons (Fsp3) is 0.929. The first-order valence-electron chi connectivity index (χ1n) is 7.46. The number of morpholine rings is 1. The average molecular weight is 285 g/mol. The fourth-order valence-corrected chi connectivity index (χ4v) is 4.04. The molecule has 2 heterocycles. The number of nitrogens with zero attached hydrogens (tertiary/aromatic N) is 2. The Bertz CT molecular complexity index is 312. The predicted molar refractivity (Wildman–Crippen MR) is 83.1 cm³/mol. The van der Waals surface area contributed by atoms with E-state index in [1.807, 2.05) is 11.8 Å². The monoisotopic (exact) mass is 285 g/mol. The van der Waals surface area contributed by atoms with Crippen LogP contribution in [0.4, 0.5) is 0 Å². The summed E-state index contributed by atoms with van der Waals surface area (Å²) in [5, 5.41) is 4.78. The largest absolute Gasteiger partial charge is 0.379 e. The van der Waals surface area contributed by atoms with E-state index >= 15 is 0 Å². The Balaban J connectivity index is 1.84. The Morgan fingerprint density at radius 1 is 1.37 bits per heavy atom. The van der Waals surface area contributed by atoms with Gasteiger partial charge in [0, 0.05) is 30.9 Å².